The Kier molecular flexibility index (Phi) is 6.47. The fraction of sp³-hybridized carbons (Fsp3) is 0.304. The lowest BCUT2D eigenvalue weighted by molar-refractivity contribution is -0.120. The molecule has 1 N–H and O–H groups in total. The predicted molar refractivity (Wildman–Crippen MR) is 127 cm³/mol. The first-order valence-corrected chi connectivity index (χ1v) is 12.5. The van der Waals surface area contributed by atoms with Crippen LogP contribution < -0.4 is 10.9 Å². The number of hydrogen-bond donors (Lipinski definition) is 1. The van der Waals surface area contributed by atoms with Gasteiger partial charge in [-0.2, -0.15) is 4.31 Å². The minimum Gasteiger partial charge on any atom is -0.319 e. The SMILES string of the molecule is Cc1c(NC(=O)[C@H]2CCCCN2S(=O)(=O)c2ccc(Cl)cc2)c(=O)n(-c2ccccc2)n1C. The van der Waals surface area contributed by atoms with Crippen LogP contribution in [-0.2, 0) is 21.9 Å². The number of nitrogens with zero attached hydrogens (tertiary/aromatic N) is 3. The monoisotopic (exact) mass is 488 g/mol. The highest BCUT2D eigenvalue weighted by atomic mass is 35.5. The van der Waals surface area contributed by atoms with Gasteiger partial charge in [-0.1, -0.05) is 36.2 Å². The van der Waals surface area contributed by atoms with Crippen molar-refractivity contribution in [2.75, 3.05) is 11.9 Å². The van der Waals surface area contributed by atoms with Gasteiger partial charge in [0, 0.05) is 18.6 Å². The molecule has 0 spiro atoms. The molecule has 0 unspecified atom stereocenters. The zero-order valence-corrected chi connectivity index (χ0v) is 19.9. The van der Waals surface area contributed by atoms with Crippen LogP contribution in [0.25, 0.3) is 5.69 Å². The normalized spacial score (nSPS) is 17.1. The topological polar surface area (TPSA) is 93.4 Å². The number of benzene rings is 2. The molecule has 3 aromatic rings. The minimum atomic E-state index is -3.91. The fourth-order valence-corrected chi connectivity index (χ4v) is 5.90. The summed E-state index contributed by atoms with van der Waals surface area (Å²) in [6.07, 6.45) is 1.74. The zero-order chi connectivity index (χ0) is 23.8. The second kappa shape index (κ2) is 9.17. The summed E-state index contributed by atoms with van der Waals surface area (Å²) in [6.45, 7) is 1.96. The average Bonchev–Trinajstić information content (AvgIpc) is 3.03. The molecule has 1 fully saturated rings. The van der Waals surface area contributed by atoms with Gasteiger partial charge in [-0.3, -0.25) is 14.3 Å². The first-order chi connectivity index (χ1) is 15.7. The van der Waals surface area contributed by atoms with Crippen LogP contribution in [0.5, 0.6) is 0 Å². The predicted octanol–water partition coefficient (Wildman–Crippen LogP) is 3.32. The Hall–Kier alpha value is -2.88. The Bertz CT molecular complexity index is 1330. The van der Waals surface area contributed by atoms with E-state index in [1.807, 2.05) is 18.2 Å². The van der Waals surface area contributed by atoms with Crippen LogP contribution in [0.4, 0.5) is 5.69 Å². The molecule has 174 valence electrons. The van der Waals surface area contributed by atoms with Crippen LogP contribution in [0, 0.1) is 6.92 Å². The van der Waals surface area contributed by atoms with E-state index in [1.54, 1.807) is 30.8 Å². The summed E-state index contributed by atoms with van der Waals surface area (Å²) in [7, 11) is -2.17. The minimum absolute atomic E-state index is 0.0777. The van der Waals surface area contributed by atoms with E-state index in [0.29, 0.717) is 35.7 Å². The molecule has 0 saturated carbocycles. The smallest absolute Gasteiger partial charge is 0.295 e. The van der Waals surface area contributed by atoms with E-state index in [4.69, 9.17) is 11.6 Å². The quantitative estimate of drug-likeness (QED) is 0.596. The third kappa shape index (κ3) is 4.36. The summed E-state index contributed by atoms with van der Waals surface area (Å²) < 4.78 is 30.9. The van der Waals surface area contributed by atoms with Crippen molar-refractivity contribution in [3.8, 4) is 5.69 Å². The van der Waals surface area contributed by atoms with Crippen LogP contribution in [-0.4, -0.2) is 40.6 Å². The maximum atomic E-state index is 13.3. The maximum Gasteiger partial charge on any atom is 0.295 e. The van der Waals surface area contributed by atoms with Crippen LogP contribution >= 0.6 is 11.6 Å². The van der Waals surface area contributed by atoms with E-state index in [-0.39, 0.29) is 22.7 Å². The molecule has 4 rings (SSSR count). The molecule has 2 heterocycles. The van der Waals surface area contributed by atoms with E-state index in [9.17, 15) is 18.0 Å². The van der Waals surface area contributed by atoms with Gasteiger partial charge in [0.05, 0.1) is 16.3 Å². The average molecular weight is 489 g/mol. The molecule has 1 aliphatic heterocycles. The van der Waals surface area contributed by atoms with Crippen LogP contribution in [0.3, 0.4) is 0 Å². The highest BCUT2D eigenvalue weighted by Gasteiger charge is 2.38. The van der Waals surface area contributed by atoms with Gasteiger partial charge in [0.1, 0.15) is 11.7 Å². The van der Waals surface area contributed by atoms with Gasteiger partial charge >= 0.3 is 0 Å². The molecule has 1 atom stereocenters. The second-order valence-corrected chi connectivity index (χ2v) is 10.3. The number of halogens is 1. The molecule has 1 aromatic heterocycles. The molecule has 10 heteroatoms. The van der Waals surface area contributed by atoms with Crippen molar-refractivity contribution in [2.24, 2.45) is 7.05 Å². The van der Waals surface area contributed by atoms with E-state index in [2.05, 4.69) is 5.32 Å². The molecule has 2 aromatic carbocycles. The molecule has 33 heavy (non-hydrogen) atoms. The van der Waals surface area contributed by atoms with Crippen molar-refractivity contribution < 1.29 is 13.2 Å². The summed E-state index contributed by atoms with van der Waals surface area (Å²) in [6, 6.07) is 14.1. The maximum absolute atomic E-state index is 13.3. The van der Waals surface area contributed by atoms with E-state index in [0.717, 1.165) is 0 Å². The number of carbonyl (C=O) groups excluding carboxylic acids is 1. The second-order valence-electron chi connectivity index (χ2n) is 8.01. The first-order valence-electron chi connectivity index (χ1n) is 10.6. The summed E-state index contributed by atoms with van der Waals surface area (Å²) in [5.41, 5.74) is 0.997. The molecule has 1 aliphatic rings. The molecule has 1 saturated heterocycles. The summed E-state index contributed by atoms with van der Waals surface area (Å²) in [4.78, 5) is 26.5. The molecule has 0 bridgehead atoms. The number of para-hydroxylation sites is 1. The number of piperidine rings is 1. The van der Waals surface area contributed by atoms with Gasteiger partial charge in [-0.25, -0.2) is 13.1 Å². The van der Waals surface area contributed by atoms with Crippen LogP contribution in [0.2, 0.25) is 5.02 Å². The Morgan fingerprint density at radius 2 is 1.73 bits per heavy atom. The van der Waals surface area contributed by atoms with Crippen molar-refractivity contribution in [3.63, 3.8) is 0 Å². The van der Waals surface area contributed by atoms with Gasteiger partial charge in [-0.05, 0) is 56.2 Å². The molecule has 0 aliphatic carbocycles. The summed E-state index contributed by atoms with van der Waals surface area (Å²) >= 11 is 5.90. The number of carbonyl (C=O) groups is 1. The highest BCUT2D eigenvalue weighted by molar-refractivity contribution is 7.89. The van der Waals surface area contributed by atoms with Gasteiger partial charge in [0.2, 0.25) is 15.9 Å². The molecule has 1 amide bonds. The molecule has 0 radical (unpaired) electrons. The number of amides is 1. The summed E-state index contributed by atoms with van der Waals surface area (Å²) in [5.74, 6) is -0.516. The molecule has 8 nitrogen and oxygen atoms in total. The number of rotatable bonds is 5. The van der Waals surface area contributed by atoms with Crippen LogP contribution in [0.1, 0.15) is 25.0 Å². The largest absolute Gasteiger partial charge is 0.319 e. The number of aromatic nitrogens is 2. The number of anilines is 1. The van der Waals surface area contributed by atoms with Crippen molar-refractivity contribution in [2.45, 2.75) is 37.1 Å². The molecular formula is C23H25ClN4O4S. The van der Waals surface area contributed by atoms with E-state index in [1.165, 1.54) is 33.3 Å². The highest BCUT2D eigenvalue weighted by Crippen LogP contribution is 2.27. The molecular weight excluding hydrogens is 464 g/mol. The third-order valence-corrected chi connectivity index (χ3v) is 8.15. The van der Waals surface area contributed by atoms with Gasteiger partial charge < -0.3 is 5.32 Å². The lowest BCUT2D eigenvalue weighted by Gasteiger charge is -2.33. The number of nitrogens with one attached hydrogen (secondary N) is 1. The number of hydrogen-bond acceptors (Lipinski definition) is 4. The van der Waals surface area contributed by atoms with Gasteiger partial charge in [0.25, 0.3) is 5.56 Å². The Labute approximate surface area is 197 Å². The van der Waals surface area contributed by atoms with Crippen molar-refractivity contribution in [3.05, 3.63) is 75.7 Å². The van der Waals surface area contributed by atoms with E-state index < -0.39 is 22.0 Å². The Morgan fingerprint density at radius 3 is 2.39 bits per heavy atom. The van der Waals surface area contributed by atoms with Crippen LogP contribution in [0.15, 0.2) is 64.3 Å². The lowest BCUT2D eigenvalue weighted by Crippen LogP contribution is -2.50. The standard InChI is InChI=1S/C23H25ClN4O4S/c1-16-21(23(30)28(26(16)2)18-8-4-3-5-9-18)25-22(29)20-10-6-7-15-27(20)33(31,32)19-13-11-17(24)12-14-19/h3-5,8-9,11-14,20H,6-7,10,15H2,1-2H3,(H,25,29)/t20-/m1/s1. The third-order valence-electron chi connectivity index (χ3n) is 5.98. The lowest BCUT2D eigenvalue weighted by atomic mass is 10.0. The van der Waals surface area contributed by atoms with Crippen molar-refractivity contribution in [1.29, 1.82) is 0 Å². The van der Waals surface area contributed by atoms with Gasteiger partial charge in [0.15, 0.2) is 0 Å². The first kappa shape index (κ1) is 23.3. The van der Waals surface area contributed by atoms with Crippen molar-refractivity contribution >= 4 is 33.2 Å². The van der Waals surface area contributed by atoms with Gasteiger partial charge in [-0.15, -0.1) is 0 Å². The van der Waals surface area contributed by atoms with E-state index >= 15 is 0 Å². The zero-order valence-electron chi connectivity index (χ0n) is 18.4. The Balaban J connectivity index is 1.65. The summed E-state index contributed by atoms with van der Waals surface area (Å²) in [5, 5.41) is 3.15. The Morgan fingerprint density at radius 1 is 1.06 bits per heavy atom. The fourth-order valence-electron chi connectivity index (χ4n) is 4.12. The van der Waals surface area contributed by atoms with Crippen molar-refractivity contribution in [1.82, 2.24) is 13.7 Å². The number of sulfonamides is 1.